The maximum absolute atomic E-state index is 13.5. The Morgan fingerprint density at radius 2 is 2.05 bits per heavy atom. The summed E-state index contributed by atoms with van der Waals surface area (Å²) in [6.07, 6.45) is -0.796. The Morgan fingerprint density at radius 1 is 1.42 bits per heavy atom. The Hall–Kier alpha value is -1.95. The van der Waals surface area contributed by atoms with E-state index in [0.717, 1.165) is 4.90 Å². The van der Waals surface area contributed by atoms with Gasteiger partial charge in [-0.3, -0.25) is 10.1 Å². The van der Waals surface area contributed by atoms with Gasteiger partial charge in [0.1, 0.15) is 12.4 Å². The van der Waals surface area contributed by atoms with E-state index in [1.807, 2.05) is 0 Å². The number of ether oxygens (including phenoxy) is 1. The van der Waals surface area contributed by atoms with Crippen molar-refractivity contribution in [2.75, 3.05) is 14.2 Å². The quantitative estimate of drug-likeness (QED) is 0.815. The third-order valence-electron chi connectivity index (χ3n) is 2.97. The molecule has 0 spiro atoms. The predicted octanol–water partition coefficient (Wildman–Crippen LogP) is 0.112. The fraction of sp³-hybridized carbons (Fsp3) is 0.385. The molecule has 0 saturated carbocycles. The van der Waals surface area contributed by atoms with E-state index in [-0.39, 0.29) is 5.82 Å². The number of carbonyl (C=O) groups is 2. The molecule has 1 rings (SSSR count). The molecule has 104 valence electrons. The van der Waals surface area contributed by atoms with E-state index in [1.165, 1.54) is 13.2 Å². The molecule has 6 heteroatoms. The largest absolute Gasteiger partial charge is 0.453 e. The third kappa shape index (κ3) is 4.33. The number of likely N-dealkylation sites (N-methyl/N-ethyl adjacent to an activating group) is 1. The number of methoxy groups -OCH3 is 1. The zero-order valence-corrected chi connectivity index (χ0v) is 11.2. The number of hydrogen-bond acceptors (Lipinski definition) is 3. The monoisotopic (exact) mass is 269 g/mol. The van der Waals surface area contributed by atoms with Gasteiger partial charge in [0.05, 0.1) is 14.2 Å². The number of nitrogens with one attached hydrogen (secondary N) is 2. The summed E-state index contributed by atoms with van der Waals surface area (Å²) in [6.45, 7) is 2.01. The van der Waals surface area contributed by atoms with Crippen molar-refractivity contribution in [3.63, 3.8) is 0 Å². The molecule has 19 heavy (non-hydrogen) atoms. The van der Waals surface area contributed by atoms with Crippen LogP contribution in [-0.2, 0) is 16.1 Å². The van der Waals surface area contributed by atoms with Crippen molar-refractivity contribution >= 4 is 12.0 Å². The first-order valence-electron chi connectivity index (χ1n) is 5.90. The molecule has 0 aromatic heterocycles. The molecule has 1 aromatic rings. The summed E-state index contributed by atoms with van der Waals surface area (Å²) in [5.74, 6) is -0.761. The maximum Gasteiger partial charge on any atom is 0.413 e. The van der Waals surface area contributed by atoms with Crippen LogP contribution in [0.3, 0.4) is 0 Å². The number of benzene rings is 1. The van der Waals surface area contributed by atoms with Crippen LogP contribution in [0.2, 0.25) is 0 Å². The normalized spacial score (nSPS) is 13.5. The first-order valence-corrected chi connectivity index (χ1v) is 5.90. The van der Waals surface area contributed by atoms with E-state index < -0.39 is 18.0 Å². The number of carbonyl (C=O) groups excluding carboxylic acids is 2. The Kier molecular flexibility index (Phi) is 5.44. The lowest BCUT2D eigenvalue weighted by atomic mass is 10.1. The van der Waals surface area contributed by atoms with Gasteiger partial charge in [-0.1, -0.05) is 18.2 Å². The van der Waals surface area contributed by atoms with Crippen LogP contribution in [0.15, 0.2) is 24.3 Å². The number of imide groups is 1. The van der Waals surface area contributed by atoms with Gasteiger partial charge >= 0.3 is 6.09 Å². The molecule has 1 aromatic carbocycles. The molecule has 5 nitrogen and oxygen atoms in total. The van der Waals surface area contributed by atoms with Gasteiger partial charge in [0.2, 0.25) is 0 Å². The fourth-order valence-electron chi connectivity index (χ4n) is 1.58. The van der Waals surface area contributed by atoms with E-state index in [4.69, 9.17) is 0 Å². The third-order valence-corrected chi connectivity index (χ3v) is 2.97. The highest BCUT2D eigenvalue weighted by atomic mass is 19.1. The minimum atomic E-state index is -0.796. The lowest BCUT2D eigenvalue weighted by Crippen LogP contribution is -3.12. The second-order valence-corrected chi connectivity index (χ2v) is 4.32. The molecule has 0 saturated heterocycles. The van der Waals surface area contributed by atoms with Crippen LogP contribution in [0.5, 0.6) is 0 Å². The molecule has 0 bridgehead atoms. The number of rotatable bonds is 4. The van der Waals surface area contributed by atoms with E-state index in [1.54, 1.807) is 32.2 Å². The van der Waals surface area contributed by atoms with Crippen molar-refractivity contribution in [1.82, 2.24) is 5.32 Å². The van der Waals surface area contributed by atoms with Gasteiger partial charge in [0.25, 0.3) is 5.91 Å². The Morgan fingerprint density at radius 3 is 2.63 bits per heavy atom. The number of amides is 2. The van der Waals surface area contributed by atoms with Gasteiger partial charge < -0.3 is 9.64 Å². The standard InChI is InChI=1S/C13H17FN2O3/c1-9(12(17)15-13(18)19-3)16(2)8-10-6-4-5-7-11(10)14/h4-7,9H,8H2,1-3H3,(H,15,17,18)/p+1/t9-/m0/s1. The van der Waals surface area contributed by atoms with Crippen LogP contribution in [0, 0.1) is 5.82 Å². The molecule has 0 fully saturated rings. The maximum atomic E-state index is 13.5. The Labute approximate surface area is 111 Å². The van der Waals surface area contributed by atoms with Crippen molar-refractivity contribution in [3.8, 4) is 0 Å². The number of halogens is 1. The minimum Gasteiger partial charge on any atom is -0.453 e. The highest BCUT2D eigenvalue weighted by Gasteiger charge is 2.24. The lowest BCUT2D eigenvalue weighted by molar-refractivity contribution is -0.908. The van der Waals surface area contributed by atoms with Crippen LogP contribution in [-0.4, -0.2) is 32.2 Å². The molecule has 2 atom stereocenters. The summed E-state index contributed by atoms with van der Waals surface area (Å²) in [5, 5.41) is 2.10. The van der Waals surface area contributed by atoms with Gasteiger partial charge in [0.15, 0.2) is 6.04 Å². The highest BCUT2D eigenvalue weighted by molar-refractivity contribution is 5.93. The molecule has 1 unspecified atom stereocenters. The van der Waals surface area contributed by atoms with E-state index in [0.29, 0.717) is 12.1 Å². The van der Waals surface area contributed by atoms with Crippen molar-refractivity contribution in [3.05, 3.63) is 35.6 Å². The summed E-state index contributed by atoms with van der Waals surface area (Å²) in [4.78, 5) is 23.4. The Balaban J connectivity index is 2.62. The average molecular weight is 269 g/mol. The smallest absolute Gasteiger partial charge is 0.413 e. The van der Waals surface area contributed by atoms with Crippen LogP contribution in [0.1, 0.15) is 12.5 Å². The highest BCUT2D eigenvalue weighted by Crippen LogP contribution is 2.04. The zero-order chi connectivity index (χ0) is 14.4. The van der Waals surface area contributed by atoms with Crippen LogP contribution in [0.4, 0.5) is 9.18 Å². The minimum absolute atomic E-state index is 0.303. The summed E-state index contributed by atoms with van der Waals surface area (Å²) in [7, 11) is 2.94. The van der Waals surface area contributed by atoms with Crippen molar-refractivity contribution in [2.45, 2.75) is 19.5 Å². The van der Waals surface area contributed by atoms with Crippen molar-refractivity contribution < 1.29 is 23.6 Å². The predicted molar refractivity (Wildman–Crippen MR) is 67.0 cm³/mol. The molecule has 2 amide bonds. The zero-order valence-electron chi connectivity index (χ0n) is 11.2. The number of quaternary nitrogens is 1. The first kappa shape index (κ1) is 15.1. The SMILES string of the molecule is COC(=O)NC(=O)[C@H](C)[NH+](C)Cc1ccccc1F. The molecular weight excluding hydrogens is 251 g/mol. The average Bonchev–Trinajstić information content (AvgIpc) is 2.40. The second kappa shape index (κ2) is 6.84. The van der Waals surface area contributed by atoms with Crippen molar-refractivity contribution in [2.24, 2.45) is 0 Å². The number of alkyl carbamates (subject to hydrolysis) is 1. The molecule has 0 aliphatic heterocycles. The van der Waals surface area contributed by atoms with Gasteiger partial charge in [-0.05, 0) is 13.0 Å². The van der Waals surface area contributed by atoms with E-state index >= 15 is 0 Å². The molecule has 0 aliphatic carbocycles. The first-order chi connectivity index (χ1) is 8.95. The van der Waals surface area contributed by atoms with Crippen LogP contribution < -0.4 is 10.2 Å². The molecule has 0 aliphatic rings. The van der Waals surface area contributed by atoms with E-state index in [2.05, 4.69) is 10.1 Å². The summed E-state index contributed by atoms with van der Waals surface area (Å²) in [5.41, 5.74) is 0.526. The summed E-state index contributed by atoms with van der Waals surface area (Å²) in [6, 6.07) is 5.90. The fourth-order valence-corrected chi connectivity index (χ4v) is 1.58. The van der Waals surface area contributed by atoms with Gasteiger partial charge in [0, 0.05) is 5.56 Å². The summed E-state index contributed by atoms with van der Waals surface area (Å²) >= 11 is 0. The van der Waals surface area contributed by atoms with E-state index in [9.17, 15) is 14.0 Å². The van der Waals surface area contributed by atoms with Gasteiger partial charge in [-0.2, -0.15) is 0 Å². The Bertz CT molecular complexity index is 465. The lowest BCUT2D eigenvalue weighted by Gasteiger charge is -2.20. The second-order valence-electron chi connectivity index (χ2n) is 4.32. The van der Waals surface area contributed by atoms with Crippen LogP contribution >= 0.6 is 0 Å². The van der Waals surface area contributed by atoms with Gasteiger partial charge in [-0.15, -0.1) is 0 Å². The molecular formula is C13H18FN2O3+. The van der Waals surface area contributed by atoms with Crippen molar-refractivity contribution in [1.29, 1.82) is 0 Å². The van der Waals surface area contributed by atoms with Crippen LogP contribution in [0.25, 0.3) is 0 Å². The topological polar surface area (TPSA) is 59.8 Å². The summed E-state index contributed by atoms with van der Waals surface area (Å²) < 4.78 is 17.8. The number of hydrogen-bond donors (Lipinski definition) is 2. The molecule has 0 heterocycles. The molecule has 2 N–H and O–H groups in total. The molecule has 0 radical (unpaired) electrons. The van der Waals surface area contributed by atoms with Gasteiger partial charge in [-0.25, -0.2) is 9.18 Å².